The van der Waals surface area contributed by atoms with Crippen LogP contribution in [-0.2, 0) is 0 Å². The Hall–Kier alpha value is -3.14. The number of ether oxygens (including phenoxy) is 4. The lowest BCUT2D eigenvalue weighted by atomic mass is 9.66. The molecule has 6 rings (SSSR count). The lowest BCUT2D eigenvalue weighted by Gasteiger charge is -2.37. The van der Waals surface area contributed by atoms with Gasteiger partial charge in [0.2, 0.25) is 13.6 Å². The van der Waals surface area contributed by atoms with E-state index in [0.29, 0.717) is 12.7 Å². The minimum atomic E-state index is 0.279. The molecule has 0 bridgehead atoms. The largest absolute Gasteiger partial charge is 0.454 e. The van der Waals surface area contributed by atoms with Crippen molar-refractivity contribution in [1.82, 2.24) is 0 Å². The van der Waals surface area contributed by atoms with Crippen LogP contribution >= 0.6 is 0 Å². The van der Waals surface area contributed by atoms with Crippen molar-refractivity contribution in [2.75, 3.05) is 13.6 Å². The zero-order valence-corrected chi connectivity index (χ0v) is 14.1. The van der Waals surface area contributed by atoms with E-state index in [1.54, 1.807) is 0 Å². The molecular formula is C22H16O4. The van der Waals surface area contributed by atoms with Gasteiger partial charge in [0.05, 0.1) is 0 Å². The van der Waals surface area contributed by atoms with E-state index in [0.717, 1.165) is 40.5 Å². The SMILES string of the molecule is C=Cc1cc2c(cc1C1=CC=C3c4cc5c(cc4C3C1)OCO5)OCO2. The Kier molecular flexibility index (Phi) is 2.68. The Bertz CT molecular complexity index is 1040. The minimum absolute atomic E-state index is 0.279. The quantitative estimate of drug-likeness (QED) is 0.787. The molecule has 0 aromatic heterocycles. The van der Waals surface area contributed by atoms with Gasteiger partial charge < -0.3 is 18.9 Å². The number of hydrogen-bond donors (Lipinski definition) is 0. The average molecular weight is 344 g/mol. The summed E-state index contributed by atoms with van der Waals surface area (Å²) < 4.78 is 22.1. The zero-order valence-electron chi connectivity index (χ0n) is 14.1. The molecular weight excluding hydrogens is 328 g/mol. The average Bonchev–Trinajstić information content (AvgIpc) is 3.32. The van der Waals surface area contributed by atoms with E-state index in [1.165, 1.54) is 22.3 Å². The molecule has 0 radical (unpaired) electrons. The molecule has 0 amide bonds. The van der Waals surface area contributed by atoms with Crippen LogP contribution in [0.2, 0.25) is 0 Å². The Balaban J connectivity index is 1.42. The molecule has 2 heterocycles. The summed E-state index contributed by atoms with van der Waals surface area (Å²) in [5, 5.41) is 0. The van der Waals surface area contributed by atoms with Crippen molar-refractivity contribution < 1.29 is 18.9 Å². The van der Waals surface area contributed by atoms with E-state index in [9.17, 15) is 0 Å². The molecule has 0 spiro atoms. The summed E-state index contributed by atoms with van der Waals surface area (Å²) in [6.45, 7) is 4.56. The third-order valence-corrected chi connectivity index (χ3v) is 5.61. The summed E-state index contributed by atoms with van der Waals surface area (Å²) in [7, 11) is 0. The van der Waals surface area contributed by atoms with Gasteiger partial charge in [0.25, 0.3) is 0 Å². The van der Waals surface area contributed by atoms with E-state index in [-0.39, 0.29) is 6.79 Å². The van der Waals surface area contributed by atoms with Crippen LogP contribution in [0.5, 0.6) is 23.0 Å². The van der Waals surface area contributed by atoms with Crippen LogP contribution in [0.3, 0.4) is 0 Å². The van der Waals surface area contributed by atoms with Crippen molar-refractivity contribution in [2.45, 2.75) is 12.3 Å². The molecule has 4 aliphatic rings. The highest BCUT2D eigenvalue weighted by Gasteiger charge is 2.37. The van der Waals surface area contributed by atoms with Crippen molar-refractivity contribution in [1.29, 1.82) is 0 Å². The Morgan fingerprint density at radius 2 is 1.46 bits per heavy atom. The zero-order chi connectivity index (χ0) is 17.3. The van der Waals surface area contributed by atoms with E-state index in [4.69, 9.17) is 18.9 Å². The van der Waals surface area contributed by atoms with Crippen molar-refractivity contribution >= 4 is 17.2 Å². The first kappa shape index (κ1) is 14.1. The van der Waals surface area contributed by atoms with E-state index < -0.39 is 0 Å². The van der Waals surface area contributed by atoms with Crippen LogP contribution in [0.4, 0.5) is 0 Å². The van der Waals surface area contributed by atoms with Gasteiger partial charge in [0.1, 0.15) is 0 Å². The highest BCUT2D eigenvalue weighted by Crippen LogP contribution is 2.56. The minimum Gasteiger partial charge on any atom is -0.454 e. The Morgan fingerprint density at radius 3 is 2.19 bits per heavy atom. The molecule has 2 aromatic carbocycles. The fourth-order valence-electron chi connectivity index (χ4n) is 4.28. The van der Waals surface area contributed by atoms with Crippen LogP contribution in [0, 0.1) is 0 Å². The maximum Gasteiger partial charge on any atom is 0.231 e. The molecule has 2 aliphatic carbocycles. The van der Waals surface area contributed by atoms with Gasteiger partial charge in [-0.3, -0.25) is 0 Å². The Morgan fingerprint density at radius 1 is 0.808 bits per heavy atom. The summed E-state index contributed by atoms with van der Waals surface area (Å²) in [5.74, 6) is 3.70. The molecule has 26 heavy (non-hydrogen) atoms. The second-order valence-corrected chi connectivity index (χ2v) is 6.86. The summed E-state index contributed by atoms with van der Waals surface area (Å²) in [6, 6.07) is 8.33. The molecule has 4 nitrogen and oxygen atoms in total. The van der Waals surface area contributed by atoms with Gasteiger partial charge in [-0.25, -0.2) is 0 Å². The molecule has 0 saturated carbocycles. The highest BCUT2D eigenvalue weighted by molar-refractivity contribution is 5.93. The monoisotopic (exact) mass is 344 g/mol. The van der Waals surface area contributed by atoms with Gasteiger partial charge in [-0.05, 0) is 64.1 Å². The predicted octanol–water partition coefficient (Wildman–Crippen LogP) is 4.75. The van der Waals surface area contributed by atoms with Gasteiger partial charge in [-0.2, -0.15) is 0 Å². The first-order valence-electron chi connectivity index (χ1n) is 8.73. The van der Waals surface area contributed by atoms with Crippen LogP contribution in [-0.4, -0.2) is 13.6 Å². The lowest BCUT2D eigenvalue weighted by Crippen LogP contribution is -2.18. The number of hydrogen-bond acceptors (Lipinski definition) is 4. The lowest BCUT2D eigenvalue weighted by molar-refractivity contribution is 0.173. The molecule has 2 aromatic rings. The number of benzene rings is 2. The highest BCUT2D eigenvalue weighted by atomic mass is 16.7. The molecule has 4 heteroatoms. The first-order chi connectivity index (χ1) is 12.8. The first-order valence-corrected chi connectivity index (χ1v) is 8.73. The third-order valence-electron chi connectivity index (χ3n) is 5.61. The number of rotatable bonds is 2. The van der Waals surface area contributed by atoms with Gasteiger partial charge in [0.15, 0.2) is 23.0 Å². The molecule has 0 N–H and O–H groups in total. The van der Waals surface area contributed by atoms with Crippen molar-refractivity contribution in [3.63, 3.8) is 0 Å². The topological polar surface area (TPSA) is 36.9 Å². The fourth-order valence-corrected chi connectivity index (χ4v) is 4.28. The van der Waals surface area contributed by atoms with E-state index in [1.807, 2.05) is 12.1 Å². The molecule has 0 saturated heterocycles. The molecule has 2 aliphatic heterocycles. The fraction of sp³-hybridized carbons (Fsp3) is 0.182. The summed E-state index contributed by atoms with van der Waals surface area (Å²) in [6.07, 6.45) is 7.28. The smallest absolute Gasteiger partial charge is 0.231 e. The number of allylic oxidation sites excluding steroid dienone is 4. The molecule has 1 atom stereocenters. The second-order valence-electron chi connectivity index (χ2n) is 6.86. The normalized spacial score (nSPS) is 20.5. The van der Waals surface area contributed by atoms with Crippen LogP contribution in [0.25, 0.3) is 17.2 Å². The van der Waals surface area contributed by atoms with Gasteiger partial charge in [-0.1, -0.05) is 24.8 Å². The van der Waals surface area contributed by atoms with E-state index in [2.05, 4.69) is 36.9 Å². The van der Waals surface area contributed by atoms with E-state index >= 15 is 0 Å². The summed E-state index contributed by atoms with van der Waals surface area (Å²) >= 11 is 0. The Labute approximate surface area is 150 Å². The van der Waals surface area contributed by atoms with Crippen molar-refractivity contribution in [3.05, 3.63) is 65.3 Å². The predicted molar refractivity (Wildman–Crippen MR) is 98.5 cm³/mol. The molecule has 128 valence electrons. The summed E-state index contributed by atoms with van der Waals surface area (Å²) in [4.78, 5) is 0. The van der Waals surface area contributed by atoms with Crippen molar-refractivity contribution in [2.24, 2.45) is 0 Å². The molecule has 0 fully saturated rings. The summed E-state index contributed by atoms with van der Waals surface area (Å²) in [5.41, 5.74) is 7.52. The van der Waals surface area contributed by atoms with Gasteiger partial charge in [0, 0.05) is 5.92 Å². The molecule has 1 unspecified atom stereocenters. The number of fused-ring (bicyclic) bond motifs is 6. The second kappa shape index (κ2) is 4.94. The third kappa shape index (κ3) is 1.79. The van der Waals surface area contributed by atoms with Crippen LogP contribution < -0.4 is 18.9 Å². The van der Waals surface area contributed by atoms with Gasteiger partial charge >= 0.3 is 0 Å². The van der Waals surface area contributed by atoms with Gasteiger partial charge in [-0.15, -0.1) is 0 Å². The standard InChI is InChI=1S/C22H16O4/c1-2-12-6-19-20(24-10-23-19)7-15(12)13-3-4-14-16(5-13)18-9-22-21(8-17(14)18)25-11-26-22/h2-4,6-9,16H,1,5,10-11H2. The van der Waals surface area contributed by atoms with Crippen LogP contribution in [0.1, 0.15) is 34.6 Å². The van der Waals surface area contributed by atoms with Crippen molar-refractivity contribution in [3.8, 4) is 23.0 Å². The van der Waals surface area contributed by atoms with Crippen LogP contribution in [0.15, 0.2) is 43.0 Å². The maximum absolute atomic E-state index is 5.57. The maximum atomic E-state index is 5.57.